The Morgan fingerprint density at radius 2 is 0.839 bits per heavy atom. The summed E-state index contributed by atoms with van der Waals surface area (Å²) in [7, 11) is 13.0. The van der Waals surface area contributed by atoms with Gasteiger partial charge in [-0.25, -0.2) is 10.0 Å². The van der Waals surface area contributed by atoms with Crippen molar-refractivity contribution in [2.45, 2.75) is 12.8 Å². The number of para-hydroxylation sites is 1. The van der Waals surface area contributed by atoms with Gasteiger partial charge in [-0.15, -0.1) is 0 Å². The first-order valence-corrected chi connectivity index (χ1v) is 19.8. The molecule has 0 N–H and O–H groups in total. The summed E-state index contributed by atoms with van der Waals surface area (Å²) in [6, 6.07) is 39.5. The zero-order valence-corrected chi connectivity index (χ0v) is 36.0. The molecule has 2 amide bonds. The lowest BCUT2D eigenvalue weighted by Gasteiger charge is -2.15. The lowest BCUT2D eigenvalue weighted by molar-refractivity contribution is -0.129. The molecule has 0 saturated heterocycles. The van der Waals surface area contributed by atoms with Gasteiger partial charge in [-0.1, -0.05) is 78.9 Å². The molecule has 12 heteroatoms. The van der Waals surface area contributed by atoms with Gasteiger partial charge in [-0.2, -0.15) is 10.2 Å². The van der Waals surface area contributed by atoms with Crippen molar-refractivity contribution >= 4 is 23.2 Å². The standard InChI is InChI=1S/2C25H24N2O4/c1-27-24(28)14-19-13-22(30-3)23(31-4)15-21(19)25(26-27)17-10-8-16(9-11-17)18-6-5-7-20(12-18)29-2;1-27-24(28)14-18-13-22(30-3)23(31-4)15-20(18)25(26-27)17-11-9-16(10-12-17)19-7-5-6-8-21(19)29-2/h2*5-13,15H,14H2,1-4H3. The number of rotatable bonds is 10. The summed E-state index contributed by atoms with van der Waals surface area (Å²) >= 11 is 0. The Hall–Kier alpha value is -7.60. The maximum absolute atomic E-state index is 12.6. The largest absolute Gasteiger partial charge is 0.497 e. The molecule has 0 fully saturated rings. The first kappa shape index (κ1) is 42.5. The maximum atomic E-state index is 12.6. The van der Waals surface area contributed by atoms with Crippen molar-refractivity contribution in [3.8, 4) is 56.8 Å². The number of amides is 2. The van der Waals surface area contributed by atoms with Crippen LogP contribution in [0.1, 0.15) is 33.4 Å². The molecule has 6 aromatic carbocycles. The lowest BCUT2D eigenvalue weighted by Crippen LogP contribution is -2.22. The predicted molar refractivity (Wildman–Crippen MR) is 240 cm³/mol. The molecule has 316 valence electrons. The van der Waals surface area contributed by atoms with Gasteiger partial charge in [0.2, 0.25) is 11.8 Å². The highest BCUT2D eigenvalue weighted by molar-refractivity contribution is 6.16. The van der Waals surface area contributed by atoms with Gasteiger partial charge in [0.25, 0.3) is 0 Å². The number of benzene rings is 6. The summed E-state index contributed by atoms with van der Waals surface area (Å²) in [6.07, 6.45) is 0.472. The zero-order chi connectivity index (χ0) is 43.9. The van der Waals surface area contributed by atoms with Gasteiger partial charge in [-0.3, -0.25) is 9.59 Å². The van der Waals surface area contributed by atoms with E-state index in [1.165, 1.54) is 10.0 Å². The minimum atomic E-state index is -0.0888. The van der Waals surface area contributed by atoms with Gasteiger partial charge in [0.15, 0.2) is 23.0 Å². The molecule has 0 unspecified atom stereocenters. The highest BCUT2D eigenvalue weighted by atomic mass is 16.5. The van der Waals surface area contributed by atoms with Crippen LogP contribution in [-0.4, -0.2) is 90.0 Å². The molecule has 62 heavy (non-hydrogen) atoms. The number of likely N-dealkylation sites (N-methyl/N-ethyl adjacent to an activating group) is 2. The molecule has 2 aliphatic rings. The Morgan fingerprint density at radius 3 is 1.31 bits per heavy atom. The third kappa shape index (κ3) is 8.80. The van der Waals surface area contributed by atoms with Crippen molar-refractivity contribution in [3.05, 3.63) is 155 Å². The highest BCUT2D eigenvalue weighted by Crippen LogP contribution is 2.36. The number of hydrazone groups is 2. The van der Waals surface area contributed by atoms with E-state index in [1.807, 2.05) is 121 Å². The molecule has 0 bridgehead atoms. The average Bonchev–Trinajstić information content (AvgIpc) is 3.52. The van der Waals surface area contributed by atoms with E-state index in [0.29, 0.717) is 34.4 Å². The van der Waals surface area contributed by atoms with E-state index in [4.69, 9.17) is 28.4 Å². The Kier molecular flexibility index (Phi) is 12.9. The number of hydrogen-bond donors (Lipinski definition) is 0. The van der Waals surface area contributed by atoms with Crippen LogP contribution in [0.15, 0.2) is 132 Å². The van der Waals surface area contributed by atoms with Gasteiger partial charge in [-0.05, 0) is 70.3 Å². The summed E-state index contributed by atoms with van der Waals surface area (Å²) in [5, 5.41) is 12.0. The Bertz CT molecular complexity index is 2670. The van der Waals surface area contributed by atoms with E-state index in [2.05, 4.69) is 10.2 Å². The Balaban J connectivity index is 0.000000186. The predicted octanol–water partition coefficient (Wildman–Crippen LogP) is 8.29. The third-order valence-corrected chi connectivity index (χ3v) is 10.8. The van der Waals surface area contributed by atoms with E-state index in [9.17, 15) is 9.59 Å². The fraction of sp³-hybridized carbons (Fsp3) is 0.200. The smallest absolute Gasteiger partial charge is 0.246 e. The minimum Gasteiger partial charge on any atom is -0.497 e. The van der Waals surface area contributed by atoms with Crippen molar-refractivity contribution in [2.24, 2.45) is 10.2 Å². The number of nitrogens with zero attached hydrogens (tertiary/aromatic N) is 4. The van der Waals surface area contributed by atoms with E-state index >= 15 is 0 Å². The van der Waals surface area contributed by atoms with E-state index in [1.54, 1.807) is 56.8 Å². The number of methoxy groups -OCH3 is 6. The molecule has 0 aromatic heterocycles. The first-order valence-electron chi connectivity index (χ1n) is 19.8. The van der Waals surface area contributed by atoms with Gasteiger partial charge in [0.05, 0.1) is 66.9 Å². The second-order valence-corrected chi connectivity index (χ2v) is 14.4. The molecular formula is C50H48N4O8. The van der Waals surface area contributed by atoms with Gasteiger partial charge in [0.1, 0.15) is 11.5 Å². The fourth-order valence-electron chi connectivity index (χ4n) is 7.39. The Labute approximate surface area is 361 Å². The number of carbonyl (C=O) groups is 2. The van der Waals surface area contributed by atoms with Crippen LogP contribution in [0, 0.1) is 0 Å². The molecule has 0 radical (unpaired) electrons. The zero-order valence-electron chi connectivity index (χ0n) is 36.0. The SMILES string of the molecule is COc1cc2c(cc1OC)C(c1ccc(-c3ccccc3OC)cc1)=NN(C)C(=O)C2.COc1cccc(-c2ccc(C3=NN(C)C(=O)Cc4cc(OC)c(OC)cc43)cc2)c1. The van der Waals surface area contributed by atoms with Crippen LogP contribution < -0.4 is 28.4 Å². The molecule has 0 atom stereocenters. The van der Waals surface area contributed by atoms with Crippen LogP contribution in [0.2, 0.25) is 0 Å². The van der Waals surface area contributed by atoms with Crippen molar-refractivity contribution in [2.75, 3.05) is 56.8 Å². The summed E-state index contributed by atoms with van der Waals surface area (Å²) in [4.78, 5) is 25.1. The molecular weight excluding hydrogens is 785 g/mol. The Morgan fingerprint density at radius 1 is 0.403 bits per heavy atom. The normalized spacial score (nSPS) is 13.2. The van der Waals surface area contributed by atoms with Crippen molar-refractivity contribution < 1.29 is 38.0 Å². The monoisotopic (exact) mass is 832 g/mol. The molecule has 2 heterocycles. The summed E-state index contributed by atoms with van der Waals surface area (Å²) in [6.45, 7) is 0. The number of hydrogen-bond acceptors (Lipinski definition) is 10. The van der Waals surface area contributed by atoms with E-state index in [-0.39, 0.29) is 24.7 Å². The number of ether oxygens (including phenoxy) is 6. The number of carbonyl (C=O) groups excluding carboxylic acids is 2. The van der Waals surface area contributed by atoms with Crippen LogP contribution in [0.3, 0.4) is 0 Å². The molecule has 0 spiro atoms. The average molecular weight is 833 g/mol. The topological polar surface area (TPSA) is 121 Å². The molecule has 8 rings (SSSR count). The molecule has 0 aliphatic carbocycles. The van der Waals surface area contributed by atoms with Crippen LogP contribution in [0.25, 0.3) is 22.3 Å². The highest BCUT2D eigenvalue weighted by Gasteiger charge is 2.26. The minimum absolute atomic E-state index is 0.0866. The second kappa shape index (κ2) is 18.8. The maximum Gasteiger partial charge on any atom is 0.246 e. The van der Waals surface area contributed by atoms with E-state index < -0.39 is 0 Å². The van der Waals surface area contributed by atoms with Gasteiger partial charge >= 0.3 is 0 Å². The van der Waals surface area contributed by atoms with Crippen LogP contribution in [0.5, 0.6) is 34.5 Å². The number of fused-ring (bicyclic) bond motifs is 2. The van der Waals surface area contributed by atoms with Crippen LogP contribution in [0.4, 0.5) is 0 Å². The fourth-order valence-corrected chi connectivity index (χ4v) is 7.39. The van der Waals surface area contributed by atoms with Crippen molar-refractivity contribution in [1.82, 2.24) is 10.0 Å². The summed E-state index contributed by atoms with van der Waals surface area (Å²) in [5.74, 6) is 3.82. The summed E-state index contributed by atoms with van der Waals surface area (Å²) in [5.41, 5.74) is 10.8. The van der Waals surface area contributed by atoms with Crippen molar-refractivity contribution in [3.63, 3.8) is 0 Å². The van der Waals surface area contributed by atoms with Crippen LogP contribution >= 0.6 is 0 Å². The van der Waals surface area contributed by atoms with Crippen LogP contribution in [-0.2, 0) is 22.4 Å². The molecule has 2 aliphatic heterocycles. The first-order chi connectivity index (χ1) is 30.1. The second-order valence-electron chi connectivity index (χ2n) is 14.4. The summed E-state index contributed by atoms with van der Waals surface area (Å²) < 4.78 is 32.7. The third-order valence-electron chi connectivity index (χ3n) is 10.8. The molecule has 12 nitrogen and oxygen atoms in total. The van der Waals surface area contributed by atoms with Gasteiger partial charge in [0, 0.05) is 41.9 Å². The molecule has 0 saturated carbocycles. The lowest BCUT2D eigenvalue weighted by atomic mass is 9.94. The van der Waals surface area contributed by atoms with Crippen molar-refractivity contribution in [1.29, 1.82) is 0 Å². The van der Waals surface area contributed by atoms with Gasteiger partial charge < -0.3 is 28.4 Å². The van der Waals surface area contributed by atoms with E-state index in [0.717, 1.165) is 67.1 Å². The molecule has 6 aromatic rings. The quantitative estimate of drug-likeness (QED) is 0.135.